The second kappa shape index (κ2) is 6.33. The molecule has 128 valence electrons. The zero-order chi connectivity index (χ0) is 18.2. The van der Waals surface area contributed by atoms with Gasteiger partial charge >= 0.3 is 5.97 Å². The SMILES string of the molecule is CC1=C(CC(=O)O)c2ccccc2/C1=C\c1ccc(S(C)(=O)=O)cc1. The van der Waals surface area contributed by atoms with E-state index in [9.17, 15) is 18.3 Å². The molecule has 0 unspecified atom stereocenters. The van der Waals surface area contributed by atoms with Gasteiger partial charge in [0.25, 0.3) is 0 Å². The summed E-state index contributed by atoms with van der Waals surface area (Å²) in [5, 5.41) is 9.19. The van der Waals surface area contributed by atoms with E-state index in [-0.39, 0.29) is 11.3 Å². The Morgan fingerprint density at radius 3 is 2.20 bits per heavy atom. The van der Waals surface area contributed by atoms with E-state index in [1.807, 2.05) is 37.3 Å². The van der Waals surface area contributed by atoms with E-state index < -0.39 is 15.8 Å². The molecule has 0 aliphatic heterocycles. The molecule has 0 saturated carbocycles. The maximum absolute atomic E-state index is 11.6. The molecule has 2 aromatic carbocycles. The molecular formula is C20H18O4S. The van der Waals surface area contributed by atoms with E-state index in [4.69, 9.17) is 0 Å². The number of fused-ring (bicyclic) bond motifs is 1. The number of benzene rings is 2. The summed E-state index contributed by atoms with van der Waals surface area (Å²) in [5.41, 5.74) is 5.55. The average Bonchev–Trinajstić information content (AvgIpc) is 2.80. The van der Waals surface area contributed by atoms with Crippen molar-refractivity contribution in [2.45, 2.75) is 18.2 Å². The molecule has 1 N–H and O–H groups in total. The molecule has 0 spiro atoms. The highest BCUT2D eigenvalue weighted by Crippen LogP contribution is 2.43. The van der Waals surface area contributed by atoms with Gasteiger partial charge in [-0.2, -0.15) is 0 Å². The van der Waals surface area contributed by atoms with Gasteiger partial charge in [-0.1, -0.05) is 36.4 Å². The number of carboxylic acids is 1. The van der Waals surface area contributed by atoms with E-state index in [0.29, 0.717) is 0 Å². The van der Waals surface area contributed by atoms with Gasteiger partial charge in [0.15, 0.2) is 9.84 Å². The third kappa shape index (κ3) is 3.42. The average molecular weight is 354 g/mol. The molecule has 1 aliphatic carbocycles. The van der Waals surface area contributed by atoms with Crippen molar-refractivity contribution < 1.29 is 18.3 Å². The Balaban J connectivity index is 2.08. The van der Waals surface area contributed by atoms with Gasteiger partial charge in [-0.3, -0.25) is 4.79 Å². The van der Waals surface area contributed by atoms with Crippen molar-refractivity contribution in [3.05, 3.63) is 70.8 Å². The predicted molar refractivity (Wildman–Crippen MR) is 98.7 cm³/mol. The van der Waals surface area contributed by atoms with E-state index >= 15 is 0 Å². The van der Waals surface area contributed by atoms with Gasteiger partial charge in [0.1, 0.15) is 0 Å². The van der Waals surface area contributed by atoms with E-state index in [0.717, 1.165) is 33.4 Å². The molecule has 1 aliphatic rings. The largest absolute Gasteiger partial charge is 0.481 e. The van der Waals surface area contributed by atoms with Gasteiger partial charge in [0.05, 0.1) is 11.3 Å². The zero-order valence-corrected chi connectivity index (χ0v) is 14.8. The number of allylic oxidation sites excluding steroid dienone is 2. The van der Waals surface area contributed by atoms with Gasteiger partial charge in [0.2, 0.25) is 0 Å². The summed E-state index contributed by atoms with van der Waals surface area (Å²) in [5.74, 6) is -0.858. The number of carboxylic acid groups (broad SMARTS) is 1. The number of carbonyl (C=O) groups is 1. The Kier molecular flexibility index (Phi) is 4.35. The molecule has 2 aromatic rings. The number of rotatable bonds is 4. The van der Waals surface area contributed by atoms with Gasteiger partial charge in [-0.05, 0) is 58.5 Å². The first-order valence-corrected chi connectivity index (χ1v) is 9.70. The lowest BCUT2D eigenvalue weighted by Crippen LogP contribution is -1.96. The second-order valence-electron chi connectivity index (χ2n) is 6.12. The lowest BCUT2D eigenvalue weighted by atomic mass is 10.0. The topological polar surface area (TPSA) is 71.4 Å². The standard InChI is InChI=1S/C20H18O4S/c1-13-18(11-14-7-9-15(10-8-14)25(2,23)24)16-5-3-4-6-17(16)19(13)12-20(21)22/h3-11H,12H2,1-2H3,(H,21,22)/b18-11-. The van der Waals surface area contributed by atoms with E-state index in [1.165, 1.54) is 6.26 Å². The van der Waals surface area contributed by atoms with Crippen molar-refractivity contribution in [2.75, 3.05) is 6.26 Å². The van der Waals surface area contributed by atoms with Crippen LogP contribution in [0.2, 0.25) is 0 Å². The number of sulfone groups is 1. The summed E-state index contributed by atoms with van der Waals surface area (Å²) >= 11 is 0. The number of aliphatic carboxylic acids is 1. The molecule has 0 saturated heterocycles. The third-order valence-corrected chi connectivity index (χ3v) is 5.47. The fourth-order valence-electron chi connectivity index (χ4n) is 3.09. The molecule has 5 heteroatoms. The molecule has 0 amide bonds. The van der Waals surface area contributed by atoms with Gasteiger partial charge in [-0.15, -0.1) is 0 Å². The van der Waals surface area contributed by atoms with Crippen molar-refractivity contribution in [3.8, 4) is 0 Å². The lowest BCUT2D eigenvalue weighted by molar-refractivity contribution is -0.135. The van der Waals surface area contributed by atoms with Crippen LogP contribution in [0.4, 0.5) is 0 Å². The van der Waals surface area contributed by atoms with Crippen LogP contribution in [0.25, 0.3) is 17.2 Å². The minimum absolute atomic E-state index is 0.0206. The minimum atomic E-state index is -3.22. The Bertz CT molecular complexity index is 1010. The van der Waals surface area contributed by atoms with Crippen molar-refractivity contribution in [2.24, 2.45) is 0 Å². The fourth-order valence-corrected chi connectivity index (χ4v) is 3.72. The molecule has 25 heavy (non-hydrogen) atoms. The van der Waals surface area contributed by atoms with Gasteiger partial charge in [-0.25, -0.2) is 8.42 Å². The molecule has 0 bridgehead atoms. The zero-order valence-electron chi connectivity index (χ0n) is 14.0. The summed E-state index contributed by atoms with van der Waals surface area (Å²) in [4.78, 5) is 11.5. The van der Waals surface area contributed by atoms with Crippen molar-refractivity contribution in [1.29, 1.82) is 0 Å². The van der Waals surface area contributed by atoms with E-state index in [1.54, 1.807) is 24.3 Å². The molecule has 0 atom stereocenters. The Morgan fingerprint density at radius 2 is 1.64 bits per heavy atom. The summed E-state index contributed by atoms with van der Waals surface area (Å²) < 4.78 is 23.1. The van der Waals surface area contributed by atoms with Crippen LogP contribution in [-0.2, 0) is 14.6 Å². The summed E-state index contributed by atoms with van der Waals surface area (Å²) in [6.45, 7) is 1.93. The van der Waals surface area contributed by atoms with Crippen LogP contribution >= 0.6 is 0 Å². The first kappa shape index (κ1) is 17.2. The molecule has 0 fully saturated rings. The Morgan fingerprint density at radius 1 is 1.04 bits per heavy atom. The lowest BCUT2D eigenvalue weighted by Gasteiger charge is -2.05. The minimum Gasteiger partial charge on any atom is -0.481 e. The third-order valence-electron chi connectivity index (χ3n) is 4.35. The normalized spacial score (nSPS) is 15.5. The van der Waals surface area contributed by atoms with Crippen LogP contribution in [0.1, 0.15) is 30.0 Å². The summed E-state index contributed by atoms with van der Waals surface area (Å²) in [6, 6.07) is 14.4. The fraction of sp³-hybridized carbons (Fsp3) is 0.150. The van der Waals surface area contributed by atoms with Crippen LogP contribution in [0.15, 0.2) is 59.0 Å². The van der Waals surface area contributed by atoms with Gasteiger partial charge < -0.3 is 5.11 Å². The molecule has 0 radical (unpaired) electrons. The van der Waals surface area contributed by atoms with Crippen LogP contribution < -0.4 is 0 Å². The molecule has 3 rings (SSSR count). The molecule has 4 nitrogen and oxygen atoms in total. The first-order chi connectivity index (χ1) is 11.8. The molecular weight excluding hydrogens is 336 g/mol. The first-order valence-electron chi connectivity index (χ1n) is 7.81. The second-order valence-corrected chi connectivity index (χ2v) is 8.13. The highest BCUT2D eigenvalue weighted by molar-refractivity contribution is 7.90. The van der Waals surface area contributed by atoms with Crippen molar-refractivity contribution in [3.63, 3.8) is 0 Å². The highest BCUT2D eigenvalue weighted by Gasteiger charge is 2.24. The van der Waals surface area contributed by atoms with Crippen molar-refractivity contribution >= 4 is 33.0 Å². The predicted octanol–water partition coefficient (Wildman–Crippen LogP) is 3.89. The monoisotopic (exact) mass is 354 g/mol. The van der Waals surface area contributed by atoms with Gasteiger partial charge in [0, 0.05) is 6.26 Å². The van der Waals surface area contributed by atoms with Crippen LogP contribution in [0, 0.1) is 0 Å². The number of hydrogen-bond acceptors (Lipinski definition) is 3. The summed E-state index contributed by atoms with van der Waals surface area (Å²) in [7, 11) is -3.22. The maximum Gasteiger partial charge on any atom is 0.307 e. The Hall–Kier alpha value is -2.66. The molecule has 0 heterocycles. The quantitative estimate of drug-likeness (QED) is 0.904. The van der Waals surface area contributed by atoms with Crippen LogP contribution in [0.5, 0.6) is 0 Å². The molecule has 0 aromatic heterocycles. The van der Waals surface area contributed by atoms with Crippen molar-refractivity contribution in [1.82, 2.24) is 0 Å². The smallest absolute Gasteiger partial charge is 0.307 e. The number of hydrogen-bond donors (Lipinski definition) is 1. The van der Waals surface area contributed by atoms with E-state index in [2.05, 4.69) is 0 Å². The highest BCUT2D eigenvalue weighted by atomic mass is 32.2. The van der Waals surface area contributed by atoms with Crippen LogP contribution in [0.3, 0.4) is 0 Å². The maximum atomic E-state index is 11.6. The van der Waals surface area contributed by atoms with Crippen LogP contribution in [-0.4, -0.2) is 25.7 Å². The Labute approximate surface area is 147 Å². The summed E-state index contributed by atoms with van der Waals surface area (Å²) in [6.07, 6.45) is 3.13.